The summed E-state index contributed by atoms with van der Waals surface area (Å²) in [6, 6.07) is 9.58. The van der Waals surface area contributed by atoms with Gasteiger partial charge in [0.15, 0.2) is 5.96 Å². The van der Waals surface area contributed by atoms with E-state index < -0.39 is 0 Å². The van der Waals surface area contributed by atoms with E-state index in [1.54, 1.807) is 20.5 Å². The molecular formula is C18H25N3O3. The van der Waals surface area contributed by atoms with Gasteiger partial charge in [0.1, 0.15) is 23.8 Å². The van der Waals surface area contributed by atoms with Crippen molar-refractivity contribution in [2.45, 2.75) is 19.9 Å². The predicted octanol–water partition coefficient (Wildman–Crippen LogP) is 2.59. The number of methoxy groups -OCH3 is 2. The van der Waals surface area contributed by atoms with Crippen LogP contribution in [0.15, 0.2) is 46.0 Å². The molecule has 0 fully saturated rings. The Morgan fingerprint density at radius 2 is 2.04 bits per heavy atom. The molecule has 2 rings (SSSR count). The molecule has 0 bridgehead atoms. The quantitative estimate of drug-likeness (QED) is 0.575. The van der Waals surface area contributed by atoms with Crippen molar-refractivity contribution in [3.8, 4) is 11.5 Å². The Balaban J connectivity index is 1.93. The van der Waals surface area contributed by atoms with Crippen LogP contribution in [0.2, 0.25) is 0 Å². The molecule has 0 amide bonds. The maximum atomic E-state index is 5.40. The fraction of sp³-hybridized carbons (Fsp3) is 0.389. The Labute approximate surface area is 142 Å². The molecule has 0 aliphatic rings. The van der Waals surface area contributed by atoms with Gasteiger partial charge < -0.3 is 24.5 Å². The van der Waals surface area contributed by atoms with Gasteiger partial charge in [0.2, 0.25) is 0 Å². The van der Waals surface area contributed by atoms with Crippen molar-refractivity contribution in [3.63, 3.8) is 0 Å². The van der Waals surface area contributed by atoms with Gasteiger partial charge in [-0.3, -0.25) is 0 Å². The van der Waals surface area contributed by atoms with Gasteiger partial charge in [-0.2, -0.15) is 0 Å². The number of benzene rings is 1. The lowest BCUT2D eigenvalue weighted by atomic mass is 10.1. The van der Waals surface area contributed by atoms with Crippen LogP contribution < -0.4 is 20.1 Å². The first kappa shape index (κ1) is 17.7. The largest absolute Gasteiger partial charge is 0.497 e. The van der Waals surface area contributed by atoms with E-state index in [-0.39, 0.29) is 0 Å². The van der Waals surface area contributed by atoms with E-state index >= 15 is 0 Å². The number of nitrogens with zero attached hydrogens (tertiary/aromatic N) is 1. The second kappa shape index (κ2) is 9.50. The molecule has 0 aliphatic heterocycles. The van der Waals surface area contributed by atoms with Crippen molar-refractivity contribution >= 4 is 5.96 Å². The molecule has 0 spiro atoms. The van der Waals surface area contributed by atoms with Gasteiger partial charge in [-0.25, -0.2) is 4.99 Å². The number of guanidine groups is 1. The van der Waals surface area contributed by atoms with Crippen molar-refractivity contribution in [2.75, 3.05) is 27.3 Å². The maximum Gasteiger partial charge on any atom is 0.191 e. The number of hydrogen-bond donors (Lipinski definition) is 2. The van der Waals surface area contributed by atoms with Crippen LogP contribution in [-0.4, -0.2) is 33.3 Å². The SMILES string of the molecule is CCNC(=NCc1ccco1)NCCc1cc(OC)ccc1OC. The van der Waals surface area contributed by atoms with Gasteiger partial charge in [-0.15, -0.1) is 0 Å². The third-order valence-corrected chi connectivity index (χ3v) is 3.49. The number of hydrogen-bond acceptors (Lipinski definition) is 4. The van der Waals surface area contributed by atoms with E-state index in [1.807, 2.05) is 37.3 Å². The molecule has 2 N–H and O–H groups in total. The van der Waals surface area contributed by atoms with E-state index in [1.165, 1.54) is 0 Å². The van der Waals surface area contributed by atoms with Gasteiger partial charge in [0.05, 0.1) is 20.5 Å². The zero-order chi connectivity index (χ0) is 17.2. The molecule has 6 heteroatoms. The molecule has 0 saturated heterocycles. The van der Waals surface area contributed by atoms with E-state index in [9.17, 15) is 0 Å². The standard InChI is InChI=1S/C18H25N3O3/c1-4-19-18(21-13-16-6-5-11-24-16)20-10-9-14-12-15(22-2)7-8-17(14)23-3/h5-8,11-12H,4,9-10,13H2,1-3H3,(H2,19,20,21). The first-order valence-corrected chi connectivity index (χ1v) is 8.02. The van der Waals surface area contributed by atoms with Gasteiger partial charge in [0, 0.05) is 13.1 Å². The van der Waals surface area contributed by atoms with Crippen molar-refractivity contribution in [1.29, 1.82) is 0 Å². The summed E-state index contributed by atoms with van der Waals surface area (Å²) in [5.74, 6) is 3.27. The maximum absolute atomic E-state index is 5.40. The normalized spacial score (nSPS) is 11.2. The lowest BCUT2D eigenvalue weighted by Gasteiger charge is -2.13. The third kappa shape index (κ3) is 5.22. The fourth-order valence-electron chi connectivity index (χ4n) is 2.29. The Kier molecular flexibility index (Phi) is 7.01. The van der Waals surface area contributed by atoms with Gasteiger partial charge in [0.25, 0.3) is 0 Å². The van der Waals surface area contributed by atoms with Gasteiger partial charge in [-0.1, -0.05) is 0 Å². The third-order valence-electron chi connectivity index (χ3n) is 3.49. The topological polar surface area (TPSA) is 68.0 Å². The van der Waals surface area contributed by atoms with E-state index in [4.69, 9.17) is 13.9 Å². The highest BCUT2D eigenvalue weighted by Crippen LogP contribution is 2.24. The van der Waals surface area contributed by atoms with Crippen LogP contribution in [0.5, 0.6) is 11.5 Å². The molecule has 6 nitrogen and oxygen atoms in total. The molecule has 1 heterocycles. The lowest BCUT2D eigenvalue weighted by Crippen LogP contribution is -2.38. The highest BCUT2D eigenvalue weighted by molar-refractivity contribution is 5.79. The minimum absolute atomic E-state index is 0.505. The van der Waals surface area contributed by atoms with Crippen molar-refractivity contribution in [3.05, 3.63) is 47.9 Å². The number of ether oxygens (including phenoxy) is 2. The first-order chi connectivity index (χ1) is 11.8. The predicted molar refractivity (Wildman–Crippen MR) is 94.8 cm³/mol. The van der Waals surface area contributed by atoms with E-state index in [2.05, 4.69) is 15.6 Å². The van der Waals surface area contributed by atoms with Gasteiger partial charge >= 0.3 is 0 Å². The number of rotatable bonds is 8. The summed E-state index contributed by atoms with van der Waals surface area (Å²) in [6.07, 6.45) is 2.45. The summed E-state index contributed by atoms with van der Waals surface area (Å²) in [4.78, 5) is 4.51. The van der Waals surface area contributed by atoms with Crippen LogP contribution in [0.25, 0.3) is 0 Å². The summed E-state index contributed by atoms with van der Waals surface area (Å²) < 4.78 is 16.0. The molecule has 130 valence electrons. The Morgan fingerprint density at radius 3 is 2.71 bits per heavy atom. The summed E-state index contributed by atoms with van der Waals surface area (Å²) in [5.41, 5.74) is 1.09. The summed E-state index contributed by atoms with van der Waals surface area (Å²) in [7, 11) is 3.34. The Hall–Kier alpha value is -2.63. The van der Waals surface area contributed by atoms with Crippen LogP contribution >= 0.6 is 0 Å². The monoisotopic (exact) mass is 331 g/mol. The van der Waals surface area contributed by atoms with Crippen molar-refractivity contribution in [1.82, 2.24) is 10.6 Å². The zero-order valence-electron chi connectivity index (χ0n) is 14.5. The molecule has 2 aromatic rings. The number of aliphatic imine (C=N–C) groups is 1. The second-order valence-electron chi connectivity index (χ2n) is 5.13. The highest BCUT2D eigenvalue weighted by atomic mass is 16.5. The summed E-state index contributed by atoms with van der Waals surface area (Å²) in [5, 5.41) is 6.54. The fourth-order valence-corrected chi connectivity index (χ4v) is 2.29. The molecule has 0 radical (unpaired) electrons. The van der Waals surface area contributed by atoms with Crippen molar-refractivity contribution < 1.29 is 13.9 Å². The minimum atomic E-state index is 0.505. The van der Waals surface area contributed by atoms with Crippen LogP contribution in [-0.2, 0) is 13.0 Å². The molecule has 0 aliphatic carbocycles. The molecular weight excluding hydrogens is 306 g/mol. The Morgan fingerprint density at radius 1 is 1.17 bits per heavy atom. The molecule has 0 saturated carbocycles. The van der Waals surface area contributed by atoms with E-state index in [0.717, 1.165) is 48.3 Å². The number of furan rings is 1. The zero-order valence-corrected chi connectivity index (χ0v) is 14.5. The molecule has 1 aromatic carbocycles. The average Bonchev–Trinajstić information content (AvgIpc) is 3.13. The van der Waals surface area contributed by atoms with E-state index in [0.29, 0.717) is 6.54 Å². The van der Waals surface area contributed by atoms with Crippen molar-refractivity contribution in [2.24, 2.45) is 4.99 Å². The van der Waals surface area contributed by atoms with Crippen LogP contribution in [0.4, 0.5) is 0 Å². The minimum Gasteiger partial charge on any atom is -0.497 e. The molecule has 1 aromatic heterocycles. The summed E-state index contributed by atoms with van der Waals surface area (Å²) >= 11 is 0. The number of nitrogens with one attached hydrogen (secondary N) is 2. The average molecular weight is 331 g/mol. The van der Waals surface area contributed by atoms with Gasteiger partial charge in [-0.05, 0) is 49.2 Å². The highest BCUT2D eigenvalue weighted by Gasteiger charge is 2.06. The molecule has 0 atom stereocenters. The first-order valence-electron chi connectivity index (χ1n) is 8.02. The Bertz CT molecular complexity index is 639. The summed E-state index contributed by atoms with van der Waals surface area (Å²) in [6.45, 7) is 4.07. The van der Waals surface area contributed by atoms with Crippen LogP contribution in [0, 0.1) is 0 Å². The lowest BCUT2D eigenvalue weighted by molar-refractivity contribution is 0.398. The molecule has 0 unspecified atom stereocenters. The van der Waals surface area contributed by atoms with Crippen LogP contribution in [0.3, 0.4) is 0 Å². The molecule has 24 heavy (non-hydrogen) atoms. The smallest absolute Gasteiger partial charge is 0.191 e. The second-order valence-corrected chi connectivity index (χ2v) is 5.13. The van der Waals surface area contributed by atoms with Crippen LogP contribution in [0.1, 0.15) is 18.2 Å².